The summed E-state index contributed by atoms with van der Waals surface area (Å²) in [5.41, 5.74) is 1.59. The second-order valence-corrected chi connectivity index (χ2v) is 9.02. The van der Waals surface area contributed by atoms with Gasteiger partial charge >= 0.3 is 5.69 Å². The Balaban J connectivity index is 1.79. The maximum Gasteiger partial charge on any atom is 0.349 e. The molecule has 4 rings (SSSR count). The minimum Gasteiger partial charge on any atom is -0.497 e. The van der Waals surface area contributed by atoms with Crippen LogP contribution < -0.4 is 20.5 Å². The average molecular weight is 514 g/mol. The first-order valence-corrected chi connectivity index (χ1v) is 12.2. The monoisotopic (exact) mass is 513 g/mol. The van der Waals surface area contributed by atoms with E-state index >= 15 is 0 Å². The van der Waals surface area contributed by atoms with Gasteiger partial charge in [0, 0.05) is 18.5 Å². The Hall–Kier alpha value is -4.43. The fourth-order valence-corrected chi connectivity index (χ4v) is 4.79. The van der Waals surface area contributed by atoms with Crippen molar-refractivity contribution < 1.29 is 19.4 Å². The Labute approximate surface area is 221 Å². The van der Waals surface area contributed by atoms with Crippen LogP contribution in [0.1, 0.15) is 30.0 Å². The number of aromatic nitrogens is 2. The van der Waals surface area contributed by atoms with E-state index in [1.807, 2.05) is 78.9 Å². The number of methoxy groups -OCH3 is 2. The second-order valence-electron chi connectivity index (χ2n) is 9.02. The van der Waals surface area contributed by atoms with E-state index in [-0.39, 0.29) is 24.7 Å². The van der Waals surface area contributed by atoms with Crippen LogP contribution >= 0.6 is 0 Å². The molecule has 38 heavy (non-hydrogen) atoms. The minimum atomic E-state index is -0.925. The highest BCUT2D eigenvalue weighted by atomic mass is 16.5. The minimum absolute atomic E-state index is 0.0209. The summed E-state index contributed by atoms with van der Waals surface area (Å²) in [7, 11) is 3.24. The number of aliphatic hydroxyl groups excluding tert-OH is 1. The zero-order valence-electron chi connectivity index (χ0n) is 21.6. The predicted octanol–water partition coefficient (Wildman–Crippen LogP) is 4.00. The summed E-state index contributed by atoms with van der Waals surface area (Å²) in [5.74, 6) is 1.30. The van der Waals surface area contributed by atoms with Crippen molar-refractivity contribution in [2.45, 2.75) is 31.4 Å². The molecule has 0 fully saturated rings. The molecule has 1 heterocycles. The molecule has 0 saturated carbocycles. The fraction of sp³-hybridized carbons (Fsp3) is 0.233. The van der Waals surface area contributed by atoms with Crippen molar-refractivity contribution in [2.75, 3.05) is 19.5 Å². The fourth-order valence-electron chi connectivity index (χ4n) is 4.79. The van der Waals surface area contributed by atoms with Crippen molar-refractivity contribution in [1.82, 2.24) is 9.55 Å². The molecule has 0 saturated heterocycles. The number of benzene rings is 3. The van der Waals surface area contributed by atoms with E-state index in [2.05, 4.69) is 10.3 Å². The molecule has 8 nitrogen and oxygen atoms in total. The van der Waals surface area contributed by atoms with Crippen LogP contribution in [0.3, 0.4) is 0 Å². The van der Waals surface area contributed by atoms with Gasteiger partial charge < -0.3 is 19.9 Å². The van der Waals surface area contributed by atoms with Crippen molar-refractivity contribution >= 4 is 11.7 Å². The topological polar surface area (TPSA) is 103 Å². The van der Waals surface area contributed by atoms with Crippen LogP contribution in [0, 0.1) is 0 Å². The third-order valence-corrected chi connectivity index (χ3v) is 6.56. The summed E-state index contributed by atoms with van der Waals surface area (Å²) in [6, 6.07) is 27.1. The molecule has 3 aromatic carbocycles. The summed E-state index contributed by atoms with van der Waals surface area (Å²) in [6.45, 7) is 1.37. The molecule has 2 N–H and O–H groups in total. The van der Waals surface area contributed by atoms with E-state index in [0.717, 1.165) is 28.2 Å². The van der Waals surface area contributed by atoms with E-state index in [0.29, 0.717) is 0 Å². The van der Waals surface area contributed by atoms with Crippen LogP contribution in [0.25, 0.3) is 0 Å². The highest BCUT2D eigenvalue weighted by molar-refractivity contribution is 5.87. The van der Waals surface area contributed by atoms with E-state index in [1.54, 1.807) is 14.2 Å². The summed E-state index contributed by atoms with van der Waals surface area (Å²) in [6.07, 6.45) is 0.871. The number of hydrogen-bond acceptors (Lipinski definition) is 6. The quantitative estimate of drug-likeness (QED) is 0.311. The van der Waals surface area contributed by atoms with Crippen LogP contribution in [0.5, 0.6) is 11.5 Å². The van der Waals surface area contributed by atoms with Crippen molar-refractivity contribution in [3.05, 3.63) is 118 Å². The number of amides is 1. The van der Waals surface area contributed by atoms with Gasteiger partial charge in [0.05, 0.1) is 26.9 Å². The largest absolute Gasteiger partial charge is 0.497 e. The Morgan fingerprint density at radius 3 is 1.89 bits per heavy atom. The van der Waals surface area contributed by atoms with Crippen LogP contribution in [0.15, 0.2) is 95.9 Å². The molecule has 0 radical (unpaired) electrons. The molecular formula is C30H31N3O5. The van der Waals surface area contributed by atoms with Crippen molar-refractivity contribution in [3.8, 4) is 11.5 Å². The summed E-state index contributed by atoms with van der Waals surface area (Å²) in [5, 5.41) is 14.0. The van der Waals surface area contributed by atoms with Gasteiger partial charge in [0.2, 0.25) is 5.91 Å². The maximum atomic E-state index is 12.6. The molecule has 0 aliphatic rings. The first-order chi connectivity index (χ1) is 18.3. The van der Waals surface area contributed by atoms with Crippen molar-refractivity contribution in [2.24, 2.45) is 0 Å². The number of aliphatic hydroxyl groups is 1. The van der Waals surface area contributed by atoms with Gasteiger partial charge in [0.25, 0.3) is 0 Å². The molecule has 4 aromatic rings. The lowest BCUT2D eigenvalue weighted by molar-refractivity contribution is -0.114. The normalized spacial score (nSPS) is 12.0. The summed E-state index contributed by atoms with van der Waals surface area (Å²) >= 11 is 0. The van der Waals surface area contributed by atoms with Gasteiger partial charge in [-0.1, -0.05) is 54.6 Å². The molecule has 0 aliphatic carbocycles. The number of ether oxygens (including phenoxy) is 2. The molecule has 1 amide bonds. The van der Waals surface area contributed by atoms with Crippen LogP contribution in [0.2, 0.25) is 0 Å². The Kier molecular flexibility index (Phi) is 8.23. The Bertz CT molecular complexity index is 1370. The number of rotatable bonds is 10. The highest BCUT2D eigenvalue weighted by Crippen LogP contribution is 2.44. The van der Waals surface area contributed by atoms with Gasteiger partial charge in [-0.25, -0.2) is 4.79 Å². The van der Waals surface area contributed by atoms with Crippen LogP contribution in [-0.2, 0) is 16.8 Å². The first-order valence-electron chi connectivity index (χ1n) is 12.2. The predicted molar refractivity (Wildman–Crippen MR) is 146 cm³/mol. The zero-order chi connectivity index (χ0) is 27.1. The molecule has 0 aliphatic heterocycles. The number of hydrogen-bond donors (Lipinski definition) is 2. The lowest BCUT2D eigenvalue weighted by Gasteiger charge is -2.38. The van der Waals surface area contributed by atoms with Crippen molar-refractivity contribution in [1.29, 1.82) is 0 Å². The zero-order valence-corrected chi connectivity index (χ0v) is 21.6. The Morgan fingerprint density at radius 1 is 0.895 bits per heavy atom. The van der Waals surface area contributed by atoms with E-state index in [9.17, 15) is 14.7 Å². The van der Waals surface area contributed by atoms with Gasteiger partial charge in [-0.3, -0.25) is 9.36 Å². The summed E-state index contributed by atoms with van der Waals surface area (Å²) < 4.78 is 12.1. The number of nitrogens with one attached hydrogen (secondary N) is 1. The lowest BCUT2D eigenvalue weighted by atomic mass is 9.66. The molecule has 1 atom stereocenters. The number of carbonyl (C=O) groups is 1. The SMILES string of the molecule is COc1ccc(C(C[C@H](O)Cn2ccc(NC(C)=O)nc2=O)(c2ccccc2)c2ccc(OC)cc2)cc1. The molecule has 8 heteroatoms. The molecule has 196 valence electrons. The van der Waals surface area contributed by atoms with Crippen LogP contribution in [-0.4, -0.2) is 40.9 Å². The number of nitrogens with zero attached hydrogens (tertiary/aromatic N) is 2. The van der Waals surface area contributed by atoms with Gasteiger partial charge in [-0.15, -0.1) is 0 Å². The first kappa shape index (κ1) is 26.6. The molecule has 1 aromatic heterocycles. The molecular weight excluding hydrogens is 482 g/mol. The Morgan fingerprint density at radius 2 is 1.42 bits per heavy atom. The van der Waals surface area contributed by atoms with Gasteiger partial charge in [0.15, 0.2) is 0 Å². The van der Waals surface area contributed by atoms with Gasteiger partial charge in [-0.05, 0) is 53.4 Å². The molecule has 0 unspecified atom stereocenters. The highest BCUT2D eigenvalue weighted by Gasteiger charge is 2.38. The van der Waals surface area contributed by atoms with E-state index < -0.39 is 17.2 Å². The maximum absolute atomic E-state index is 12.6. The standard InChI is InChI=1S/C30H31N3O5/c1-21(34)31-28-17-18-33(29(36)32-28)20-25(35)19-30(22-7-5-4-6-8-22,23-9-13-26(37-2)14-10-23)24-11-15-27(38-3)16-12-24/h4-18,25,35H,19-20H2,1-3H3,(H,31,32,34,36)/t25-/m0/s1. The summed E-state index contributed by atoms with van der Waals surface area (Å²) in [4.78, 5) is 27.9. The van der Waals surface area contributed by atoms with Gasteiger partial charge in [-0.2, -0.15) is 4.98 Å². The molecule has 0 bridgehead atoms. The average Bonchev–Trinajstić information content (AvgIpc) is 2.93. The number of anilines is 1. The van der Waals surface area contributed by atoms with E-state index in [1.165, 1.54) is 23.8 Å². The molecule has 0 spiro atoms. The third-order valence-electron chi connectivity index (χ3n) is 6.56. The lowest BCUT2D eigenvalue weighted by Crippen LogP contribution is -2.37. The third kappa shape index (κ3) is 5.76. The van der Waals surface area contributed by atoms with E-state index in [4.69, 9.17) is 9.47 Å². The van der Waals surface area contributed by atoms with Crippen molar-refractivity contribution in [3.63, 3.8) is 0 Å². The van der Waals surface area contributed by atoms with Crippen LogP contribution in [0.4, 0.5) is 5.82 Å². The number of carbonyl (C=O) groups excluding carboxylic acids is 1. The second kappa shape index (κ2) is 11.7. The van der Waals surface area contributed by atoms with Gasteiger partial charge in [0.1, 0.15) is 17.3 Å². The smallest absolute Gasteiger partial charge is 0.349 e.